The van der Waals surface area contributed by atoms with Crippen LogP contribution in [0.15, 0.2) is 12.1 Å². The van der Waals surface area contributed by atoms with Gasteiger partial charge in [0.25, 0.3) is 5.91 Å². The molecule has 1 aromatic carbocycles. The van der Waals surface area contributed by atoms with Gasteiger partial charge >= 0.3 is 5.97 Å². The van der Waals surface area contributed by atoms with E-state index in [2.05, 4.69) is 0 Å². The van der Waals surface area contributed by atoms with Crippen LogP contribution in [-0.4, -0.2) is 57.3 Å². The Morgan fingerprint density at radius 1 is 0.967 bits per heavy atom. The topological polar surface area (TPSA) is 74.3 Å². The number of nitrogens with zero attached hydrogens (tertiary/aromatic N) is 1. The summed E-state index contributed by atoms with van der Waals surface area (Å²) in [5.41, 5.74) is 0.869. The van der Waals surface area contributed by atoms with Crippen molar-refractivity contribution in [2.75, 3.05) is 34.5 Å². The van der Waals surface area contributed by atoms with Crippen molar-refractivity contribution in [3.05, 3.63) is 17.7 Å². The Hall–Kier alpha value is -2.44. The normalized spacial score (nSPS) is 20.8. The standard InChI is InChI=1S/C23H33NO6/c1-27-19-13-16(14-20(28-2)23(19)29-3)10-11-22(26)30-15-21(25)24-12-6-8-17-7-4-5-9-18(17)24/h13-14,17-18H,4-12,15H2,1-3H3/t17-,18-/m1/s1. The van der Waals surface area contributed by atoms with Crippen LogP contribution < -0.4 is 14.2 Å². The maximum Gasteiger partial charge on any atom is 0.306 e. The monoisotopic (exact) mass is 419 g/mol. The maximum absolute atomic E-state index is 12.7. The van der Waals surface area contributed by atoms with Gasteiger partial charge in [0.05, 0.1) is 21.3 Å². The summed E-state index contributed by atoms with van der Waals surface area (Å²) in [5, 5.41) is 0. The number of aryl methyl sites for hydroxylation is 1. The third-order valence-corrected chi connectivity index (χ3v) is 6.26. The van der Waals surface area contributed by atoms with Gasteiger partial charge in [-0.05, 0) is 55.7 Å². The van der Waals surface area contributed by atoms with Crippen molar-refractivity contribution in [2.24, 2.45) is 5.92 Å². The predicted octanol–water partition coefficient (Wildman–Crippen LogP) is 3.37. The molecule has 2 aliphatic rings. The lowest BCUT2D eigenvalue weighted by Crippen LogP contribution is -2.50. The fourth-order valence-corrected chi connectivity index (χ4v) is 4.76. The first-order chi connectivity index (χ1) is 14.6. The lowest BCUT2D eigenvalue weighted by molar-refractivity contribution is -0.154. The first-order valence-corrected chi connectivity index (χ1v) is 10.8. The molecule has 1 amide bonds. The first kappa shape index (κ1) is 22.2. The fourth-order valence-electron chi connectivity index (χ4n) is 4.76. The van der Waals surface area contributed by atoms with Gasteiger partial charge in [-0.3, -0.25) is 9.59 Å². The summed E-state index contributed by atoms with van der Waals surface area (Å²) in [5.74, 6) is 1.78. The minimum absolute atomic E-state index is 0.0623. The Kier molecular flexibility index (Phi) is 7.82. The zero-order valence-corrected chi connectivity index (χ0v) is 18.3. The molecule has 0 N–H and O–H groups in total. The Morgan fingerprint density at radius 3 is 2.30 bits per heavy atom. The van der Waals surface area contributed by atoms with E-state index in [1.165, 1.54) is 25.7 Å². The number of esters is 1. The van der Waals surface area contributed by atoms with Crippen LogP contribution in [0.25, 0.3) is 0 Å². The molecular formula is C23H33NO6. The van der Waals surface area contributed by atoms with Crippen LogP contribution in [0.5, 0.6) is 17.2 Å². The molecule has 7 heteroatoms. The number of rotatable bonds is 8. The van der Waals surface area contributed by atoms with Crippen molar-refractivity contribution in [2.45, 2.75) is 57.4 Å². The van der Waals surface area contributed by atoms with Crippen molar-refractivity contribution in [3.8, 4) is 17.2 Å². The number of carbonyl (C=O) groups excluding carboxylic acids is 2. The molecule has 1 saturated carbocycles. The van der Waals surface area contributed by atoms with Gasteiger partial charge in [0.2, 0.25) is 5.75 Å². The van der Waals surface area contributed by atoms with E-state index in [1.54, 1.807) is 21.3 Å². The SMILES string of the molecule is COc1cc(CCC(=O)OCC(=O)N2CCC[C@H]3CCCC[C@H]32)cc(OC)c1OC. The number of methoxy groups -OCH3 is 3. The van der Waals surface area contributed by atoms with Crippen molar-refractivity contribution in [1.29, 1.82) is 0 Å². The molecule has 0 bridgehead atoms. The molecule has 7 nitrogen and oxygen atoms in total. The Morgan fingerprint density at radius 2 is 1.63 bits per heavy atom. The van der Waals surface area contributed by atoms with E-state index in [0.29, 0.717) is 35.6 Å². The highest BCUT2D eigenvalue weighted by Crippen LogP contribution is 2.38. The molecule has 0 radical (unpaired) electrons. The molecule has 1 saturated heterocycles. The molecule has 3 rings (SSSR count). The Balaban J connectivity index is 1.51. The molecule has 30 heavy (non-hydrogen) atoms. The van der Waals surface area contributed by atoms with Crippen LogP contribution in [0.1, 0.15) is 50.5 Å². The van der Waals surface area contributed by atoms with E-state index in [0.717, 1.165) is 24.9 Å². The van der Waals surface area contributed by atoms with Gasteiger partial charge < -0.3 is 23.8 Å². The highest BCUT2D eigenvalue weighted by atomic mass is 16.5. The lowest BCUT2D eigenvalue weighted by atomic mass is 9.78. The van der Waals surface area contributed by atoms with Crippen molar-refractivity contribution < 1.29 is 28.5 Å². The van der Waals surface area contributed by atoms with Gasteiger partial charge in [0.15, 0.2) is 18.1 Å². The summed E-state index contributed by atoms with van der Waals surface area (Å²) < 4.78 is 21.3. The number of amides is 1. The van der Waals surface area contributed by atoms with E-state index in [-0.39, 0.29) is 24.9 Å². The average Bonchev–Trinajstić information content (AvgIpc) is 2.79. The quantitative estimate of drug-likeness (QED) is 0.602. The number of benzene rings is 1. The number of hydrogen-bond acceptors (Lipinski definition) is 6. The third kappa shape index (κ3) is 5.18. The maximum atomic E-state index is 12.7. The average molecular weight is 420 g/mol. The lowest BCUT2D eigenvalue weighted by Gasteiger charge is -2.44. The molecule has 0 aromatic heterocycles. The van der Waals surface area contributed by atoms with Gasteiger partial charge in [-0.25, -0.2) is 0 Å². The summed E-state index contributed by atoms with van der Waals surface area (Å²) in [4.78, 5) is 26.9. The second-order valence-corrected chi connectivity index (χ2v) is 8.04. The third-order valence-electron chi connectivity index (χ3n) is 6.26. The van der Waals surface area contributed by atoms with Gasteiger partial charge in [-0.1, -0.05) is 12.8 Å². The molecule has 1 aliphatic heterocycles. The molecule has 166 valence electrons. The zero-order chi connectivity index (χ0) is 21.5. The number of ether oxygens (including phenoxy) is 4. The molecule has 1 aromatic rings. The molecule has 2 fully saturated rings. The highest BCUT2D eigenvalue weighted by molar-refractivity contribution is 5.81. The van der Waals surface area contributed by atoms with Crippen LogP contribution in [0.2, 0.25) is 0 Å². The number of fused-ring (bicyclic) bond motifs is 1. The highest BCUT2D eigenvalue weighted by Gasteiger charge is 2.35. The van der Waals surface area contributed by atoms with E-state index in [9.17, 15) is 9.59 Å². The van der Waals surface area contributed by atoms with Crippen LogP contribution in [0.4, 0.5) is 0 Å². The Labute approximate surface area is 178 Å². The number of likely N-dealkylation sites (tertiary alicyclic amines) is 1. The predicted molar refractivity (Wildman–Crippen MR) is 112 cm³/mol. The van der Waals surface area contributed by atoms with Gasteiger partial charge in [-0.2, -0.15) is 0 Å². The molecule has 0 unspecified atom stereocenters. The van der Waals surface area contributed by atoms with Crippen LogP contribution >= 0.6 is 0 Å². The molecule has 2 atom stereocenters. The molecular weight excluding hydrogens is 386 g/mol. The second-order valence-electron chi connectivity index (χ2n) is 8.04. The summed E-state index contributed by atoms with van der Waals surface area (Å²) in [6, 6.07) is 3.96. The smallest absolute Gasteiger partial charge is 0.306 e. The Bertz CT molecular complexity index is 722. The van der Waals surface area contributed by atoms with E-state index < -0.39 is 0 Å². The number of carbonyl (C=O) groups is 2. The second kappa shape index (κ2) is 10.5. The van der Waals surface area contributed by atoms with Crippen molar-refractivity contribution in [1.82, 2.24) is 4.90 Å². The van der Waals surface area contributed by atoms with Crippen LogP contribution in [0.3, 0.4) is 0 Å². The summed E-state index contributed by atoms with van der Waals surface area (Å²) in [6.07, 6.45) is 7.62. The largest absolute Gasteiger partial charge is 0.493 e. The molecule has 0 spiro atoms. The summed E-state index contributed by atoms with van der Waals surface area (Å²) in [6.45, 7) is 0.611. The van der Waals surface area contributed by atoms with E-state index >= 15 is 0 Å². The van der Waals surface area contributed by atoms with Gasteiger partial charge in [0.1, 0.15) is 0 Å². The van der Waals surface area contributed by atoms with E-state index in [1.807, 2.05) is 17.0 Å². The number of piperidine rings is 1. The van der Waals surface area contributed by atoms with Crippen LogP contribution in [0, 0.1) is 5.92 Å². The van der Waals surface area contributed by atoms with Crippen LogP contribution in [-0.2, 0) is 20.7 Å². The minimum Gasteiger partial charge on any atom is -0.493 e. The van der Waals surface area contributed by atoms with E-state index in [4.69, 9.17) is 18.9 Å². The number of hydrogen-bond donors (Lipinski definition) is 0. The first-order valence-electron chi connectivity index (χ1n) is 10.8. The summed E-state index contributed by atoms with van der Waals surface area (Å²) in [7, 11) is 4.66. The van der Waals surface area contributed by atoms with Gasteiger partial charge in [-0.15, -0.1) is 0 Å². The molecule has 1 heterocycles. The van der Waals surface area contributed by atoms with Crippen molar-refractivity contribution >= 4 is 11.9 Å². The van der Waals surface area contributed by atoms with Gasteiger partial charge in [0, 0.05) is 19.0 Å². The fraction of sp³-hybridized carbons (Fsp3) is 0.652. The minimum atomic E-state index is -0.380. The van der Waals surface area contributed by atoms with Crippen molar-refractivity contribution in [3.63, 3.8) is 0 Å². The molecule has 1 aliphatic carbocycles. The summed E-state index contributed by atoms with van der Waals surface area (Å²) >= 11 is 0. The zero-order valence-electron chi connectivity index (χ0n) is 18.3.